The zero-order valence-corrected chi connectivity index (χ0v) is 8.79. The van der Waals surface area contributed by atoms with Crippen molar-refractivity contribution in [1.82, 2.24) is 0 Å². The molecule has 1 fully saturated rings. The van der Waals surface area contributed by atoms with Crippen LogP contribution in [0.3, 0.4) is 0 Å². The van der Waals surface area contributed by atoms with Crippen molar-refractivity contribution in [1.29, 1.82) is 0 Å². The third-order valence-corrected chi connectivity index (χ3v) is 2.75. The van der Waals surface area contributed by atoms with Gasteiger partial charge in [0.1, 0.15) is 0 Å². The van der Waals surface area contributed by atoms with E-state index in [-0.39, 0.29) is 0 Å². The van der Waals surface area contributed by atoms with Crippen LogP contribution in [0, 0.1) is 6.92 Å². The summed E-state index contributed by atoms with van der Waals surface area (Å²) < 4.78 is 5.51. The highest BCUT2D eigenvalue weighted by atomic mass is 16.5. The molecule has 1 aromatic rings. The van der Waals surface area contributed by atoms with Gasteiger partial charge in [-0.3, -0.25) is 0 Å². The van der Waals surface area contributed by atoms with Crippen LogP contribution in [0.2, 0.25) is 0 Å². The van der Waals surface area contributed by atoms with Gasteiger partial charge in [-0.2, -0.15) is 0 Å². The van der Waals surface area contributed by atoms with Crippen molar-refractivity contribution in [2.75, 3.05) is 11.9 Å². The summed E-state index contributed by atoms with van der Waals surface area (Å²) in [5, 5.41) is 3.51. The van der Waals surface area contributed by atoms with Crippen molar-refractivity contribution in [2.45, 2.75) is 32.4 Å². The minimum atomic E-state index is 0.329. The molecule has 2 nitrogen and oxygen atoms in total. The molecule has 2 rings (SSSR count). The van der Waals surface area contributed by atoms with E-state index in [9.17, 15) is 0 Å². The van der Waals surface area contributed by atoms with E-state index in [0.29, 0.717) is 12.1 Å². The van der Waals surface area contributed by atoms with Crippen molar-refractivity contribution in [2.24, 2.45) is 0 Å². The molecule has 2 heteroatoms. The molecule has 2 unspecified atom stereocenters. The van der Waals surface area contributed by atoms with Crippen LogP contribution >= 0.6 is 0 Å². The Bertz CT molecular complexity index is 311. The second kappa shape index (κ2) is 4.01. The highest BCUT2D eigenvalue weighted by Crippen LogP contribution is 2.19. The van der Waals surface area contributed by atoms with Crippen LogP contribution in [0.1, 0.15) is 18.9 Å². The monoisotopic (exact) mass is 191 g/mol. The van der Waals surface area contributed by atoms with E-state index in [4.69, 9.17) is 4.74 Å². The van der Waals surface area contributed by atoms with Gasteiger partial charge in [-0.15, -0.1) is 0 Å². The normalized spacial score (nSPS) is 26.4. The number of aryl methyl sites for hydroxylation is 1. The van der Waals surface area contributed by atoms with Crippen molar-refractivity contribution in [3.63, 3.8) is 0 Å². The molecule has 0 aromatic heterocycles. The summed E-state index contributed by atoms with van der Waals surface area (Å²) >= 11 is 0. The average Bonchev–Trinajstić information content (AvgIpc) is 2.52. The fourth-order valence-electron chi connectivity index (χ4n) is 1.87. The molecule has 0 saturated carbocycles. The lowest BCUT2D eigenvalue weighted by atomic mass is 10.1. The molecule has 2 atom stereocenters. The minimum absolute atomic E-state index is 0.329. The maximum Gasteiger partial charge on any atom is 0.0748 e. The molecule has 76 valence electrons. The van der Waals surface area contributed by atoms with Crippen molar-refractivity contribution in [3.8, 4) is 0 Å². The lowest BCUT2D eigenvalue weighted by Gasteiger charge is -2.17. The first-order valence-corrected chi connectivity index (χ1v) is 5.20. The van der Waals surface area contributed by atoms with E-state index in [1.807, 2.05) is 0 Å². The Morgan fingerprint density at radius 3 is 2.93 bits per heavy atom. The van der Waals surface area contributed by atoms with Crippen LogP contribution in [-0.2, 0) is 4.74 Å². The van der Waals surface area contributed by atoms with Gasteiger partial charge in [0.25, 0.3) is 0 Å². The van der Waals surface area contributed by atoms with Gasteiger partial charge < -0.3 is 10.1 Å². The van der Waals surface area contributed by atoms with E-state index >= 15 is 0 Å². The van der Waals surface area contributed by atoms with E-state index in [1.54, 1.807) is 0 Å². The smallest absolute Gasteiger partial charge is 0.0748 e. The average molecular weight is 191 g/mol. The predicted molar refractivity (Wildman–Crippen MR) is 58.6 cm³/mol. The molecule has 1 aromatic carbocycles. The number of benzene rings is 1. The van der Waals surface area contributed by atoms with Crippen molar-refractivity contribution >= 4 is 5.69 Å². The quantitative estimate of drug-likeness (QED) is 0.775. The molecule has 0 bridgehead atoms. The topological polar surface area (TPSA) is 21.3 Å². The van der Waals surface area contributed by atoms with Gasteiger partial charge in [0.05, 0.1) is 12.1 Å². The molecule has 0 radical (unpaired) electrons. The molecule has 1 saturated heterocycles. The van der Waals surface area contributed by atoms with Gasteiger partial charge in [-0.25, -0.2) is 0 Å². The Morgan fingerprint density at radius 2 is 2.29 bits per heavy atom. The first-order valence-electron chi connectivity index (χ1n) is 5.20. The molecule has 14 heavy (non-hydrogen) atoms. The van der Waals surface area contributed by atoms with Crippen LogP contribution in [0.25, 0.3) is 0 Å². The van der Waals surface area contributed by atoms with Crippen molar-refractivity contribution < 1.29 is 4.74 Å². The van der Waals surface area contributed by atoms with Crippen molar-refractivity contribution in [3.05, 3.63) is 29.8 Å². The molecule has 1 N–H and O–H groups in total. The molecular weight excluding hydrogens is 174 g/mol. The van der Waals surface area contributed by atoms with Gasteiger partial charge in [0.2, 0.25) is 0 Å². The Labute approximate surface area is 85.3 Å². The summed E-state index contributed by atoms with van der Waals surface area (Å²) in [4.78, 5) is 0. The van der Waals surface area contributed by atoms with Gasteiger partial charge in [-0.1, -0.05) is 12.1 Å². The number of nitrogens with one attached hydrogen (secondary N) is 1. The minimum Gasteiger partial charge on any atom is -0.380 e. The number of hydrogen-bond donors (Lipinski definition) is 1. The third kappa shape index (κ3) is 2.07. The SMILES string of the molecule is Cc1cccc(NC2CCOC2C)c1. The Kier molecular flexibility index (Phi) is 2.73. The van der Waals surface area contributed by atoms with Crippen LogP contribution in [-0.4, -0.2) is 18.8 Å². The van der Waals surface area contributed by atoms with Gasteiger partial charge >= 0.3 is 0 Å². The Morgan fingerprint density at radius 1 is 1.43 bits per heavy atom. The maximum atomic E-state index is 5.51. The highest BCUT2D eigenvalue weighted by molar-refractivity contribution is 5.46. The van der Waals surface area contributed by atoms with Gasteiger partial charge in [0, 0.05) is 12.3 Å². The van der Waals surface area contributed by atoms with Crippen LogP contribution in [0.15, 0.2) is 24.3 Å². The summed E-state index contributed by atoms with van der Waals surface area (Å²) in [6, 6.07) is 8.94. The summed E-state index contributed by atoms with van der Waals surface area (Å²) in [6.07, 6.45) is 1.44. The highest BCUT2D eigenvalue weighted by Gasteiger charge is 2.23. The molecule has 0 spiro atoms. The number of hydrogen-bond acceptors (Lipinski definition) is 2. The molecular formula is C12H17NO. The summed E-state index contributed by atoms with van der Waals surface area (Å²) in [6.45, 7) is 5.12. The molecule has 1 heterocycles. The summed E-state index contributed by atoms with van der Waals surface area (Å²) in [5.74, 6) is 0. The number of rotatable bonds is 2. The van der Waals surface area contributed by atoms with Crippen LogP contribution in [0.4, 0.5) is 5.69 Å². The molecule has 0 aliphatic carbocycles. The first-order chi connectivity index (χ1) is 6.75. The fourth-order valence-corrected chi connectivity index (χ4v) is 1.87. The van der Waals surface area contributed by atoms with E-state index in [2.05, 4.69) is 43.4 Å². The van der Waals surface area contributed by atoms with E-state index < -0.39 is 0 Å². The Balaban J connectivity index is 2.03. The van der Waals surface area contributed by atoms with Crippen LogP contribution < -0.4 is 5.32 Å². The number of ether oxygens (including phenoxy) is 1. The largest absolute Gasteiger partial charge is 0.380 e. The maximum absolute atomic E-state index is 5.51. The third-order valence-electron chi connectivity index (χ3n) is 2.75. The standard InChI is InChI=1S/C12H17NO/c1-9-4-3-5-11(8-9)13-12-6-7-14-10(12)2/h3-5,8,10,12-13H,6-7H2,1-2H3. The summed E-state index contributed by atoms with van der Waals surface area (Å²) in [7, 11) is 0. The number of anilines is 1. The lowest BCUT2D eigenvalue weighted by Crippen LogP contribution is -2.26. The zero-order valence-electron chi connectivity index (χ0n) is 8.79. The first kappa shape index (κ1) is 9.53. The Hall–Kier alpha value is -1.02. The summed E-state index contributed by atoms with van der Waals surface area (Å²) in [5.41, 5.74) is 2.49. The van der Waals surface area contributed by atoms with Crippen LogP contribution in [0.5, 0.6) is 0 Å². The predicted octanol–water partition coefficient (Wildman–Crippen LogP) is 2.58. The molecule has 0 amide bonds. The second-order valence-electron chi connectivity index (χ2n) is 3.98. The molecule has 1 aliphatic heterocycles. The van der Waals surface area contributed by atoms with E-state index in [0.717, 1.165) is 13.0 Å². The van der Waals surface area contributed by atoms with Gasteiger partial charge in [0.15, 0.2) is 0 Å². The molecule has 1 aliphatic rings. The second-order valence-corrected chi connectivity index (χ2v) is 3.98. The fraction of sp³-hybridized carbons (Fsp3) is 0.500. The van der Waals surface area contributed by atoms with E-state index in [1.165, 1.54) is 11.3 Å². The zero-order chi connectivity index (χ0) is 9.97. The lowest BCUT2D eigenvalue weighted by molar-refractivity contribution is 0.121. The van der Waals surface area contributed by atoms with Gasteiger partial charge in [-0.05, 0) is 38.0 Å².